The molecule has 92 valence electrons. The first-order valence-corrected chi connectivity index (χ1v) is 6.45. The molecule has 0 saturated heterocycles. The van der Waals surface area contributed by atoms with Crippen LogP contribution in [0.4, 0.5) is 0 Å². The number of allylic oxidation sites excluding steroid dienone is 1. The van der Waals surface area contributed by atoms with Gasteiger partial charge in [0.15, 0.2) is 5.78 Å². The molecule has 0 spiro atoms. The fraction of sp³-hybridized carbons (Fsp3) is 0.786. The third-order valence-electron chi connectivity index (χ3n) is 3.14. The highest BCUT2D eigenvalue weighted by Crippen LogP contribution is 2.28. The van der Waals surface area contributed by atoms with Crippen LogP contribution >= 0.6 is 0 Å². The Morgan fingerprint density at radius 2 is 1.94 bits per heavy atom. The van der Waals surface area contributed by atoms with Crippen molar-refractivity contribution < 1.29 is 9.53 Å². The molecule has 1 saturated carbocycles. The largest absolute Gasteiger partial charge is 0.370 e. The lowest BCUT2D eigenvalue weighted by Crippen LogP contribution is -2.33. The van der Waals surface area contributed by atoms with Crippen molar-refractivity contribution in [2.24, 2.45) is 5.92 Å². The molecule has 1 fully saturated rings. The summed E-state index contributed by atoms with van der Waals surface area (Å²) >= 11 is 0. The van der Waals surface area contributed by atoms with E-state index in [1.807, 2.05) is 20.8 Å². The van der Waals surface area contributed by atoms with Crippen molar-refractivity contribution in [1.82, 2.24) is 0 Å². The Kier molecular flexibility index (Phi) is 5.75. The van der Waals surface area contributed by atoms with Gasteiger partial charge in [-0.2, -0.15) is 0 Å². The van der Waals surface area contributed by atoms with Crippen LogP contribution in [-0.4, -0.2) is 18.5 Å². The van der Waals surface area contributed by atoms with Crippen molar-refractivity contribution in [3.8, 4) is 0 Å². The summed E-state index contributed by atoms with van der Waals surface area (Å²) in [5, 5.41) is 0. The topological polar surface area (TPSA) is 26.3 Å². The molecule has 1 rings (SSSR count). The number of ether oxygens (including phenoxy) is 1. The summed E-state index contributed by atoms with van der Waals surface area (Å²) in [6.07, 6.45) is 7.63. The molecule has 0 heterocycles. The van der Waals surface area contributed by atoms with E-state index in [0.717, 1.165) is 18.4 Å². The zero-order chi connectivity index (χ0) is 12.0. The van der Waals surface area contributed by atoms with Crippen LogP contribution in [0.25, 0.3) is 0 Å². The van der Waals surface area contributed by atoms with E-state index in [9.17, 15) is 4.79 Å². The van der Waals surface area contributed by atoms with Crippen molar-refractivity contribution in [3.05, 3.63) is 11.6 Å². The van der Waals surface area contributed by atoms with Crippen molar-refractivity contribution in [1.29, 1.82) is 0 Å². The second-order valence-corrected chi connectivity index (χ2v) is 4.90. The molecule has 1 atom stereocenters. The second-order valence-electron chi connectivity index (χ2n) is 4.90. The zero-order valence-corrected chi connectivity index (χ0v) is 10.8. The predicted octanol–water partition coefficient (Wildman–Crippen LogP) is 3.51. The van der Waals surface area contributed by atoms with Crippen molar-refractivity contribution in [2.45, 2.75) is 59.0 Å². The average Bonchev–Trinajstić information content (AvgIpc) is 2.26. The molecule has 16 heavy (non-hydrogen) atoms. The van der Waals surface area contributed by atoms with Gasteiger partial charge in [-0.1, -0.05) is 24.8 Å². The van der Waals surface area contributed by atoms with Gasteiger partial charge in [0.2, 0.25) is 0 Å². The van der Waals surface area contributed by atoms with Crippen LogP contribution in [0.15, 0.2) is 11.6 Å². The number of rotatable bonds is 5. The lowest BCUT2D eigenvalue weighted by Gasteiger charge is -2.28. The molecular weight excluding hydrogens is 200 g/mol. The number of carbonyl (C=O) groups excluding carboxylic acids is 1. The molecule has 1 unspecified atom stereocenters. The Bertz CT molecular complexity index is 245. The highest BCUT2D eigenvalue weighted by Gasteiger charge is 2.28. The van der Waals surface area contributed by atoms with Crippen LogP contribution in [0.5, 0.6) is 0 Å². The van der Waals surface area contributed by atoms with Gasteiger partial charge in [0, 0.05) is 6.61 Å². The molecule has 2 nitrogen and oxygen atoms in total. The van der Waals surface area contributed by atoms with Gasteiger partial charge in [0.25, 0.3) is 0 Å². The maximum atomic E-state index is 12.0. The van der Waals surface area contributed by atoms with E-state index in [0.29, 0.717) is 12.5 Å². The third-order valence-corrected chi connectivity index (χ3v) is 3.14. The minimum absolute atomic E-state index is 0.161. The van der Waals surface area contributed by atoms with Crippen LogP contribution in [0.2, 0.25) is 0 Å². The maximum absolute atomic E-state index is 12.0. The first kappa shape index (κ1) is 13.4. The SMILES string of the molecule is CCOC(C(=O)C=C(C)C)C1CCCCC1. The van der Waals surface area contributed by atoms with E-state index >= 15 is 0 Å². The highest BCUT2D eigenvalue weighted by atomic mass is 16.5. The normalized spacial score (nSPS) is 19.2. The number of carbonyl (C=O) groups is 1. The van der Waals surface area contributed by atoms with Gasteiger partial charge in [-0.15, -0.1) is 0 Å². The molecule has 0 aromatic carbocycles. The highest BCUT2D eigenvalue weighted by molar-refractivity contribution is 5.94. The number of hydrogen-bond acceptors (Lipinski definition) is 2. The second kappa shape index (κ2) is 6.85. The molecule has 2 heteroatoms. The van der Waals surface area contributed by atoms with E-state index in [1.165, 1.54) is 19.3 Å². The molecule has 0 bridgehead atoms. The summed E-state index contributed by atoms with van der Waals surface area (Å²) in [4.78, 5) is 12.0. The Labute approximate surface area is 99.1 Å². The summed E-state index contributed by atoms with van der Waals surface area (Å²) < 4.78 is 5.65. The fourth-order valence-corrected chi connectivity index (χ4v) is 2.43. The lowest BCUT2D eigenvalue weighted by molar-refractivity contribution is -0.129. The summed E-state index contributed by atoms with van der Waals surface area (Å²) in [5.41, 5.74) is 1.06. The van der Waals surface area contributed by atoms with Crippen molar-refractivity contribution in [2.75, 3.05) is 6.61 Å². The summed E-state index contributed by atoms with van der Waals surface area (Å²) in [5.74, 6) is 0.602. The molecule has 1 aliphatic rings. The predicted molar refractivity (Wildman–Crippen MR) is 66.4 cm³/mol. The number of ketones is 1. The van der Waals surface area contributed by atoms with Crippen molar-refractivity contribution >= 4 is 5.78 Å². The lowest BCUT2D eigenvalue weighted by atomic mass is 9.83. The van der Waals surface area contributed by atoms with Gasteiger partial charge in [0.05, 0.1) is 0 Å². The summed E-state index contributed by atoms with van der Waals surface area (Å²) in [7, 11) is 0. The average molecular weight is 224 g/mol. The first-order valence-electron chi connectivity index (χ1n) is 6.45. The van der Waals surface area contributed by atoms with Crippen LogP contribution in [0.1, 0.15) is 52.9 Å². The Morgan fingerprint density at radius 1 is 1.31 bits per heavy atom. The van der Waals surface area contributed by atoms with E-state index < -0.39 is 0 Å². The minimum Gasteiger partial charge on any atom is -0.370 e. The first-order chi connectivity index (χ1) is 7.65. The van der Waals surface area contributed by atoms with Crippen LogP contribution in [-0.2, 0) is 9.53 Å². The monoisotopic (exact) mass is 224 g/mol. The van der Waals surface area contributed by atoms with Gasteiger partial charge < -0.3 is 4.74 Å². The van der Waals surface area contributed by atoms with Crippen molar-refractivity contribution in [3.63, 3.8) is 0 Å². The molecule has 0 aromatic rings. The van der Waals surface area contributed by atoms with E-state index in [4.69, 9.17) is 4.74 Å². The zero-order valence-electron chi connectivity index (χ0n) is 10.8. The Morgan fingerprint density at radius 3 is 2.44 bits per heavy atom. The van der Waals surface area contributed by atoms with Crippen LogP contribution in [0, 0.1) is 5.92 Å². The van der Waals surface area contributed by atoms with Gasteiger partial charge in [0.1, 0.15) is 6.10 Å². The molecule has 0 N–H and O–H groups in total. The Balaban J connectivity index is 2.64. The third kappa shape index (κ3) is 4.09. The van der Waals surface area contributed by atoms with E-state index in [1.54, 1.807) is 6.08 Å². The molecule has 1 aliphatic carbocycles. The fourth-order valence-electron chi connectivity index (χ4n) is 2.43. The molecule has 0 amide bonds. The van der Waals surface area contributed by atoms with Gasteiger partial charge in [-0.05, 0) is 45.6 Å². The van der Waals surface area contributed by atoms with E-state index in [-0.39, 0.29) is 11.9 Å². The van der Waals surface area contributed by atoms with Crippen LogP contribution < -0.4 is 0 Å². The Hall–Kier alpha value is -0.630. The smallest absolute Gasteiger partial charge is 0.184 e. The molecule has 0 aromatic heterocycles. The minimum atomic E-state index is -0.194. The summed E-state index contributed by atoms with van der Waals surface area (Å²) in [6.45, 7) is 6.51. The van der Waals surface area contributed by atoms with Gasteiger partial charge in [-0.3, -0.25) is 4.79 Å². The molecular formula is C14H24O2. The van der Waals surface area contributed by atoms with Gasteiger partial charge >= 0.3 is 0 Å². The van der Waals surface area contributed by atoms with Crippen LogP contribution in [0.3, 0.4) is 0 Å². The maximum Gasteiger partial charge on any atom is 0.184 e. The standard InChI is InChI=1S/C14H24O2/c1-4-16-14(13(15)10-11(2)3)12-8-6-5-7-9-12/h10,12,14H,4-9H2,1-3H3. The van der Waals surface area contributed by atoms with Gasteiger partial charge in [-0.25, -0.2) is 0 Å². The molecule has 0 radical (unpaired) electrons. The summed E-state index contributed by atoms with van der Waals surface area (Å²) in [6, 6.07) is 0. The van der Waals surface area contributed by atoms with E-state index in [2.05, 4.69) is 0 Å². The number of hydrogen-bond donors (Lipinski definition) is 0. The quantitative estimate of drug-likeness (QED) is 0.668. The molecule has 0 aliphatic heterocycles.